The highest BCUT2D eigenvalue weighted by molar-refractivity contribution is 7.18. The first kappa shape index (κ1) is 14.6. The van der Waals surface area contributed by atoms with Crippen molar-refractivity contribution in [2.75, 3.05) is 36.8 Å². The van der Waals surface area contributed by atoms with Crippen LogP contribution in [0.4, 0.5) is 10.9 Å². The minimum Gasteiger partial charge on any atom is -0.382 e. The fourth-order valence-electron chi connectivity index (χ4n) is 3.26. The highest BCUT2D eigenvalue weighted by atomic mass is 32.1. The number of hydrogen-bond donors (Lipinski definition) is 1. The Kier molecular flexibility index (Phi) is 3.82. The van der Waals surface area contributed by atoms with E-state index in [1.165, 1.54) is 30.6 Å². The lowest BCUT2D eigenvalue weighted by atomic mass is 9.84. The molecule has 3 heterocycles. The Morgan fingerprint density at radius 3 is 2.62 bits per heavy atom. The molecule has 1 aromatic rings. The molecule has 2 aliphatic heterocycles. The van der Waals surface area contributed by atoms with Crippen LogP contribution in [0.1, 0.15) is 49.2 Å². The number of thiazole rings is 1. The number of aromatic nitrogens is 1. The van der Waals surface area contributed by atoms with Gasteiger partial charge in [0, 0.05) is 26.2 Å². The Morgan fingerprint density at radius 1 is 1.24 bits per heavy atom. The Hall–Kier alpha value is -1.30. The maximum atomic E-state index is 12.7. The summed E-state index contributed by atoms with van der Waals surface area (Å²) in [5.41, 5.74) is 6.21. The summed E-state index contributed by atoms with van der Waals surface area (Å²) >= 11 is 1.46. The number of nitrogens with zero attached hydrogens (tertiary/aromatic N) is 3. The van der Waals surface area contributed by atoms with E-state index in [4.69, 9.17) is 5.73 Å². The standard InChI is InChI=1S/C15H24N4OS/c1-15(2)6-5-9-19(10-15)13(20)11-12(16)17-14(21-11)18-7-3-4-8-18/h3-10,16H2,1-2H3. The molecule has 21 heavy (non-hydrogen) atoms. The molecule has 116 valence electrons. The van der Waals surface area contributed by atoms with Crippen molar-refractivity contribution in [1.82, 2.24) is 9.88 Å². The van der Waals surface area contributed by atoms with Crippen LogP contribution in [0.2, 0.25) is 0 Å². The van der Waals surface area contributed by atoms with Crippen molar-refractivity contribution in [1.29, 1.82) is 0 Å². The van der Waals surface area contributed by atoms with Crippen molar-refractivity contribution < 1.29 is 4.79 Å². The van der Waals surface area contributed by atoms with Gasteiger partial charge >= 0.3 is 0 Å². The molecule has 0 atom stereocenters. The van der Waals surface area contributed by atoms with Gasteiger partial charge in [-0.3, -0.25) is 4.79 Å². The Bertz CT molecular complexity index is 534. The number of carbonyl (C=O) groups is 1. The van der Waals surface area contributed by atoms with Crippen LogP contribution in [0.15, 0.2) is 0 Å². The summed E-state index contributed by atoms with van der Waals surface area (Å²) < 4.78 is 0. The predicted molar refractivity (Wildman–Crippen MR) is 86.9 cm³/mol. The van der Waals surface area contributed by atoms with Crippen LogP contribution in [0.5, 0.6) is 0 Å². The van der Waals surface area contributed by atoms with Crippen LogP contribution in [0.3, 0.4) is 0 Å². The van der Waals surface area contributed by atoms with Crippen LogP contribution >= 0.6 is 11.3 Å². The van der Waals surface area contributed by atoms with Crippen LogP contribution in [-0.2, 0) is 0 Å². The third-order valence-corrected chi connectivity index (χ3v) is 5.52. The summed E-state index contributed by atoms with van der Waals surface area (Å²) in [5.74, 6) is 0.457. The van der Waals surface area contributed by atoms with Crippen molar-refractivity contribution >= 4 is 28.2 Å². The first-order chi connectivity index (χ1) is 9.96. The molecule has 0 radical (unpaired) electrons. The Morgan fingerprint density at radius 2 is 1.95 bits per heavy atom. The summed E-state index contributed by atoms with van der Waals surface area (Å²) in [7, 11) is 0. The third kappa shape index (κ3) is 3.00. The van der Waals surface area contributed by atoms with Gasteiger partial charge in [0.2, 0.25) is 0 Å². The second-order valence-corrected chi connectivity index (χ2v) is 7.88. The quantitative estimate of drug-likeness (QED) is 0.912. The van der Waals surface area contributed by atoms with E-state index in [-0.39, 0.29) is 11.3 Å². The van der Waals surface area contributed by atoms with Crippen LogP contribution < -0.4 is 10.6 Å². The van der Waals surface area contributed by atoms with E-state index >= 15 is 0 Å². The van der Waals surface area contributed by atoms with E-state index < -0.39 is 0 Å². The topological polar surface area (TPSA) is 62.5 Å². The first-order valence-electron chi connectivity index (χ1n) is 7.77. The molecule has 0 bridgehead atoms. The second kappa shape index (κ2) is 5.48. The number of amides is 1. The van der Waals surface area contributed by atoms with E-state index in [0.717, 1.165) is 37.7 Å². The molecule has 0 saturated carbocycles. The molecule has 2 fully saturated rings. The van der Waals surface area contributed by atoms with Gasteiger partial charge in [0.05, 0.1) is 0 Å². The predicted octanol–water partition coefficient (Wildman–Crippen LogP) is 2.59. The van der Waals surface area contributed by atoms with Gasteiger partial charge in [-0.1, -0.05) is 25.2 Å². The maximum Gasteiger partial charge on any atom is 0.267 e. The molecule has 0 aliphatic carbocycles. The zero-order valence-corrected chi connectivity index (χ0v) is 13.7. The van der Waals surface area contributed by atoms with Crippen molar-refractivity contribution in [2.24, 2.45) is 5.41 Å². The molecular formula is C15H24N4OS. The minimum absolute atomic E-state index is 0.0585. The van der Waals surface area contributed by atoms with E-state index in [0.29, 0.717) is 10.7 Å². The van der Waals surface area contributed by atoms with E-state index in [1.807, 2.05) is 4.90 Å². The normalized spacial score (nSPS) is 21.8. The van der Waals surface area contributed by atoms with Gasteiger partial charge in [-0.2, -0.15) is 0 Å². The van der Waals surface area contributed by atoms with Crippen LogP contribution in [0, 0.1) is 5.41 Å². The minimum atomic E-state index is 0.0585. The number of piperidine rings is 1. The smallest absolute Gasteiger partial charge is 0.267 e. The van der Waals surface area contributed by atoms with Gasteiger partial charge in [-0.05, 0) is 31.1 Å². The fraction of sp³-hybridized carbons (Fsp3) is 0.733. The monoisotopic (exact) mass is 308 g/mol. The molecule has 2 saturated heterocycles. The molecule has 0 aromatic carbocycles. The number of nitrogen functional groups attached to an aromatic ring is 1. The molecule has 1 amide bonds. The highest BCUT2D eigenvalue weighted by Gasteiger charge is 2.32. The zero-order chi connectivity index (χ0) is 15.0. The lowest BCUT2D eigenvalue weighted by molar-refractivity contribution is 0.0589. The Labute approximate surface area is 130 Å². The van der Waals surface area contributed by atoms with Gasteiger partial charge in [-0.25, -0.2) is 4.98 Å². The van der Waals surface area contributed by atoms with Crippen molar-refractivity contribution in [3.63, 3.8) is 0 Å². The fourth-order valence-corrected chi connectivity index (χ4v) is 4.26. The molecule has 2 aliphatic rings. The SMILES string of the molecule is CC1(C)CCCN(C(=O)c2sc(N3CCCC3)nc2N)C1. The van der Waals surface area contributed by atoms with Gasteiger partial charge in [0.1, 0.15) is 10.7 Å². The number of carbonyl (C=O) groups excluding carboxylic acids is 1. The second-order valence-electron chi connectivity index (χ2n) is 6.90. The van der Waals surface area contributed by atoms with Crippen LogP contribution in [0.25, 0.3) is 0 Å². The van der Waals surface area contributed by atoms with Crippen molar-refractivity contribution in [3.8, 4) is 0 Å². The molecule has 0 unspecified atom stereocenters. The average Bonchev–Trinajstić information content (AvgIpc) is 3.05. The third-order valence-electron chi connectivity index (χ3n) is 4.40. The summed E-state index contributed by atoms with van der Waals surface area (Å²) in [5, 5.41) is 0.907. The highest BCUT2D eigenvalue weighted by Crippen LogP contribution is 2.34. The van der Waals surface area contributed by atoms with Crippen LogP contribution in [-0.4, -0.2) is 42.0 Å². The number of hydrogen-bond acceptors (Lipinski definition) is 5. The molecule has 5 nitrogen and oxygen atoms in total. The zero-order valence-electron chi connectivity index (χ0n) is 12.9. The van der Waals surface area contributed by atoms with Gasteiger partial charge in [0.25, 0.3) is 5.91 Å². The molecular weight excluding hydrogens is 284 g/mol. The lowest BCUT2D eigenvalue weighted by Crippen LogP contribution is -2.43. The molecule has 1 aromatic heterocycles. The summed E-state index contributed by atoms with van der Waals surface area (Å²) in [6.07, 6.45) is 4.64. The lowest BCUT2D eigenvalue weighted by Gasteiger charge is -2.37. The van der Waals surface area contributed by atoms with Crippen molar-refractivity contribution in [3.05, 3.63) is 4.88 Å². The van der Waals surface area contributed by atoms with Gasteiger partial charge < -0.3 is 15.5 Å². The number of likely N-dealkylation sites (tertiary alicyclic amines) is 1. The maximum absolute atomic E-state index is 12.7. The van der Waals surface area contributed by atoms with Gasteiger partial charge in [-0.15, -0.1) is 0 Å². The number of rotatable bonds is 2. The summed E-state index contributed by atoms with van der Waals surface area (Å²) in [6, 6.07) is 0. The summed E-state index contributed by atoms with van der Waals surface area (Å²) in [6.45, 7) is 8.13. The molecule has 2 N–H and O–H groups in total. The number of nitrogens with two attached hydrogens (primary N) is 1. The molecule has 6 heteroatoms. The number of anilines is 2. The Balaban J connectivity index is 1.78. The van der Waals surface area contributed by atoms with E-state index in [9.17, 15) is 4.79 Å². The van der Waals surface area contributed by atoms with Crippen molar-refractivity contribution in [2.45, 2.75) is 39.5 Å². The van der Waals surface area contributed by atoms with E-state index in [2.05, 4.69) is 23.7 Å². The first-order valence-corrected chi connectivity index (χ1v) is 8.58. The molecule has 0 spiro atoms. The van der Waals surface area contributed by atoms with Gasteiger partial charge in [0.15, 0.2) is 5.13 Å². The summed E-state index contributed by atoms with van der Waals surface area (Å²) in [4.78, 5) is 22.0. The molecule has 3 rings (SSSR count). The largest absolute Gasteiger partial charge is 0.382 e. The average molecular weight is 308 g/mol. The van der Waals surface area contributed by atoms with E-state index in [1.54, 1.807) is 0 Å².